The second-order valence-corrected chi connectivity index (χ2v) is 7.46. The topological polar surface area (TPSA) is 70.4 Å². The molecule has 0 saturated carbocycles. The van der Waals surface area contributed by atoms with E-state index in [-0.39, 0.29) is 43.7 Å². The fraction of sp³-hybridized carbons (Fsp3) is 0.100. The van der Waals surface area contributed by atoms with Gasteiger partial charge in [0, 0.05) is 11.8 Å². The zero-order valence-corrected chi connectivity index (χ0v) is 16.7. The summed E-state index contributed by atoms with van der Waals surface area (Å²) in [6, 6.07) is 8.61. The first-order valence-electron chi connectivity index (χ1n) is 8.54. The maximum Gasteiger partial charge on any atom is 0.433 e. The third-order valence-corrected chi connectivity index (χ3v) is 5.33. The van der Waals surface area contributed by atoms with Gasteiger partial charge in [-0.2, -0.15) is 17.7 Å². The second kappa shape index (κ2) is 7.07. The Balaban J connectivity index is 2.04. The van der Waals surface area contributed by atoms with Crippen molar-refractivity contribution < 1.29 is 18.3 Å². The highest BCUT2D eigenvalue weighted by Gasteiger charge is 2.38. The minimum Gasteiger partial charge on any atom is -0.507 e. The maximum atomic E-state index is 13.7. The van der Waals surface area contributed by atoms with Crippen LogP contribution in [-0.2, 0) is 6.18 Å². The number of hydrogen-bond donors (Lipinski definition) is 2. The minimum atomic E-state index is -4.80. The van der Waals surface area contributed by atoms with Gasteiger partial charge in [0.2, 0.25) is 0 Å². The Kier molecular flexibility index (Phi) is 4.79. The van der Waals surface area contributed by atoms with Crippen LogP contribution in [0, 0.1) is 6.92 Å². The van der Waals surface area contributed by atoms with Crippen LogP contribution in [0.1, 0.15) is 11.3 Å². The van der Waals surface area contributed by atoms with E-state index in [0.29, 0.717) is 4.52 Å². The Bertz CT molecular complexity index is 1360. The standard InChI is InChI=1S/C20H12Cl2F3N3O2/c1-9-2-4-11(15(29)6-9)12-8-26-18-16(10-3-5-13(21)14(22)7-10)17(20(23,24)25)27-28(18)19(12)30/h2-8,27,29H,1H3. The number of halogens is 5. The number of alkyl halides is 3. The van der Waals surface area contributed by atoms with Crippen LogP contribution in [0.15, 0.2) is 47.4 Å². The maximum absolute atomic E-state index is 13.7. The number of H-pyrrole nitrogens is 1. The fourth-order valence-electron chi connectivity index (χ4n) is 3.20. The molecule has 154 valence electrons. The van der Waals surface area contributed by atoms with Crippen LogP contribution in [0.4, 0.5) is 13.2 Å². The zero-order chi connectivity index (χ0) is 21.8. The van der Waals surface area contributed by atoms with Gasteiger partial charge in [0.1, 0.15) is 11.4 Å². The van der Waals surface area contributed by atoms with Crippen LogP contribution in [0.5, 0.6) is 5.75 Å². The molecule has 0 saturated heterocycles. The summed E-state index contributed by atoms with van der Waals surface area (Å²) in [7, 11) is 0. The lowest BCUT2D eigenvalue weighted by Gasteiger charge is -2.08. The van der Waals surface area contributed by atoms with E-state index in [1.54, 1.807) is 13.0 Å². The van der Waals surface area contributed by atoms with Gasteiger partial charge in [0.15, 0.2) is 5.65 Å². The van der Waals surface area contributed by atoms with Crippen molar-refractivity contribution in [3.05, 3.63) is 74.3 Å². The predicted octanol–water partition coefficient (Wildman–Crippen LogP) is 5.70. The molecule has 4 aromatic rings. The van der Waals surface area contributed by atoms with Gasteiger partial charge in [-0.15, -0.1) is 0 Å². The van der Waals surface area contributed by atoms with E-state index < -0.39 is 17.4 Å². The number of fused-ring (bicyclic) bond motifs is 1. The summed E-state index contributed by atoms with van der Waals surface area (Å²) in [4.78, 5) is 17.1. The number of phenolic OH excluding ortho intramolecular Hbond substituents is 1. The Labute approximate surface area is 177 Å². The average Bonchev–Trinajstić information content (AvgIpc) is 3.06. The predicted molar refractivity (Wildman–Crippen MR) is 108 cm³/mol. The van der Waals surface area contributed by atoms with Crippen LogP contribution in [-0.4, -0.2) is 19.7 Å². The number of nitrogens with one attached hydrogen (secondary N) is 1. The molecule has 4 rings (SSSR count). The van der Waals surface area contributed by atoms with Crippen molar-refractivity contribution in [1.82, 2.24) is 14.6 Å². The van der Waals surface area contributed by atoms with Gasteiger partial charge in [0.25, 0.3) is 5.56 Å². The number of aryl methyl sites for hydroxylation is 1. The van der Waals surface area contributed by atoms with Crippen LogP contribution in [0.3, 0.4) is 0 Å². The average molecular weight is 454 g/mol. The lowest BCUT2D eigenvalue weighted by molar-refractivity contribution is -0.140. The molecule has 2 N–H and O–H groups in total. The number of aromatic nitrogens is 3. The van der Waals surface area contributed by atoms with Gasteiger partial charge in [-0.1, -0.05) is 41.4 Å². The number of phenols is 1. The minimum absolute atomic E-state index is 0.0549. The number of hydrogen-bond acceptors (Lipinski definition) is 3. The highest BCUT2D eigenvalue weighted by atomic mass is 35.5. The Morgan fingerprint density at radius 2 is 1.80 bits per heavy atom. The van der Waals surface area contributed by atoms with Crippen molar-refractivity contribution in [3.63, 3.8) is 0 Å². The largest absolute Gasteiger partial charge is 0.507 e. The number of benzene rings is 2. The molecule has 0 bridgehead atoms. The molecule has 0 unspecified atom stereocenters. The Morgan fingerprint density at radius 3 is 2.43 bits per heavy atom. The van der Waals surface area contributed by atoms with Crippen LogP contribution in [0.25, 0.3) is 27.9 Å². The molecule has 0 aliphatic carbocycles. The molecular weight excluding hydrogens is 442 g/mol. The SMILES string of the molecule is Cc1ccc(-c2cnc3c(-c4ccc(Cl)c(Cl)c4)c(C(F)(F)F)[nH]n3c2=O)c(O)c1. The van der Waals surface area contributed by atoms with E-state index >= 15 is 0 Å². The molecule has 0 atom stereocenters. The van der Waals surface area contributed by atoms with Crippen molar-refractivity contribution in [1.29, 1.82) is 0 Å². The number of aromatic hydroxyl groups is 1. The third-order valence-electron chi connectivity index (χ3n) is 4.59. The molecule has 0 fully saturated rings. The molecule has 2 heterocycles. The molecular formula is C20H12Cl2F3N3O2. The van der Waals surface area contributed by atoms with Gasteiger partial charge < -0.3 is 5.11 Å². The first kappa shape index (κ1) is 20.3. The molecule has 2 aromatic carbocycles. The van der Waals surface area contributed by atoms with Gasteiger partial charge in [-0.25, -0.2) is 4.98 Å². The highest BCUT2D eigenvalue weighted by Crippen LogP contribution is 2.40. The number of aromatic amines is 1. The lowest BCUT2D eigenvalue weighted by atomic mass is 10.0. The molecule has 0 spiro atoms. The summed E-state index contributed by atoms with van der Waals surface area (Å²) < 4.78 is 41.9. The van der Waals surface area contributed by atoms with E-state index in [1.807, 2.05) is 0 Å². The quantitative estimate of drug-likeness (QED) is 0.409. The zero-order valence-electron chi connectivity index (χ0n) is 15.2. The number of nitrogens with zero attached hydrogens (tertiary/aromatic N) is 2. The monoisotopic (exact) mass is 453 g/mol. The first-order chi connectivity index (χ1) is 14.1. The summed E-state index contributed by atoms with van der Waals surface area (Å²) in [6.07, 6.45) is -3.66. The summed E-state index contributed by atoms with van der Waals surface area (Å²) in [6.45, 7) is 1.75. The Morgan fingerprint density at radius 1 is 1.07 bits per heavy atom. The van der Waals surface area contributed by atoms with Crippen LogP contribution in [0.2, 0.25) is 10.0 Å². The highest BCUT2D eigenvalue weighted by molar-refractivity contribution is 6.42. The van der Waals surface area contributed by atoms with Crippen molar-refractivity contribution in [2.45, 2.75) is 13.1 Å². The second-order valence-electron chi connectivity index (χ2n) is 6.65. The molecule has 0 aliphatic heterocycles. The summed E-state index contributed by atoms with van der Waals surface area (Å²) in [5, 5.41) is 12.5. The summed E-state index contributed by atoms with van der Waals surface area (Å²) in [5.41, 5.74) is -1.57. The van der Waals surface area contributed by atoms with Crippen LogP contribution < -0.4 is 5.56 Å². The van der Waals surface area contributed by atoms with Gasteiger partial charge in [-0.05, 0) is 36.2 Å². The van der Waals surface area contributed by atoms with Crippen molar-refractivity contribution in [3.8, 4) is 28.0 Å². The molecule has 0 aliphatic rings. The normalized spacial score (nSPS) is 11.9. The van der Waals surface area contributed by atoms with Gasteiger partial charge in [-0.3, -0.25) is 9.89 Å². The van der Waals surface area contributed by atoms with Crippen molar-refractivity contribution in [2.24, 2.45) is 0 Å². The molecule has 5 nitrogen and oxygen atoms in total. The van der Waals surface area contributed by atoms with Crippen molar-refractivity contribution in [2.75, 3.05) is 0 Å². The molecule has 30 heavy (non-hydrogen) atoms. The van der Waals surface area contributed by atoms with Gasteiger partial charge >= 0.3 is 6.18 Å². The van der Waals surface area contributed by atoms with E-state index in [9.17, 15) is 23.1 Å². The van der Waals surface area contributed by atoms with Crippen LogP contribution >= 0.6 is 23.2 Å². The van der Waals surface area contributed by atoms with Crippen molar-refractivity contribution >= 4 is 28.8 Å². The molecule has 2 aromatic heterocycles. The molecule has 0 amide bonds. The van der Waals surface area contributed by atoms with E-state index in [4.69, 9.17) is 23.2 Å². The fourth-order valence-corrected chi connectivity index (χ4v) is 3.50. The van der Waals surface area contributed by atoms with E-state index in [0.717, 1.165) is 11.8 Å². The lowest BCUT2D eigenvalue weighted by Crippen LogP contribution is -2.18. The smallest absolute Gasteiger partial charge is 0.433 e. The summed E-state index contributed by atoms with van der Waals surface area (Å²) >= 11 is 11.8. The summed E-state index contributed by atoms with van der Waals surface area (Å²) in [5.74, 6) is -0.179. The Hall–Kier alpha value is -2.97. The first-order valence-corrected chi connectivity index (χ1v) is 9.30. The molecule has 0 radical (unpaired) electrons. The van der Waals surface area contributed by atoms with Gasteiger partial charge in [0.05, 0.1) is 21.2 Å². The third kappa shape index (κ3) is 3.32. The molecule has 10 heteroatoms. The van der Waals surface area contributed by atoms with E-state index in [2.05, 4.69) is 10.1 Å². The number of rotatable bonds is 2. The van der Waals surface area contributed by atoms with E-state index in [1.165, 1.54) is 30.3 Å².